The number of carboxylic acid groups (broad SMARTS) is 1. The number of aliphatic carboxylic acids is 1. The van der Waals surface area contributed by atoms with Gasteiger partial charge in [0, 0.05) is 6.54 Å². The monoisotopic (exact) mass is 307 g/mol. The largest absolute Gasteiger partial charge is 0.493 e. The minimum Gasteiger partial charge on any atom is -0.493 e. The van der Waals surface area contributed by atoms with Gasteiger partial charge in [-0.05, 0) is 43.9 Å². The molecule has 6 heteroatoms. The highest BCUT2D eigenvalue weighted by Crippen LogP contribution is 2.28. The Morgan fingerprint density at radius 2 is 2.09 bits per heavy atom. The molecule has 22 heavy (non-hydrogen) atoms. The van der Waals surface area contributed by atoms with Gasteiger partial charge in [-0.25, -0.2) is 4.79 Å². The van der Waals surface area contributed by atoms with Gasteiger partial charge in [0.05, 0.1) is 7.11 Å². The molecule has 1 saturated heterocycles. The number of piperidine rings is 1. The predicted molar refractivity (Wildman–Crippen MR) is 80.2 cm³/mol. The average molecular weight is 307 g/mol. The van der Waals surface area contributed by atoms with Gasteiger partial charge >= 0.3 is 5.97 Å². The van der Waals surface area contributed by atoms with Crippen LogP contribution >= 0.6 is 0 Å². The summed E-state index contributed by atoms with van der Waals surface area (Å²) in [5.41, 5.74) is 1.03. The zero-order valence-electron chi connectivity index (χ0n) is 12.9. The van der Waals surface area contributed by atoms with Gasteiger partial charge in [-0.1, -0.05) is 6.07 Å². The lowest BCUT2D eigenvalue weighted by molar-refractivity contribution is -0.152. The smallest absolute Gasteiger partial charge is 0.326 e. The van der Waals surface area contributed by atoms with Crippen molar-refractivity contribution in [3.8, 4) is 11.5 Å². The molecule has 120 valence electrons. The molecule has 1 aliphatic heterocycles. The van der Waals surface area contributed by atoms with Crippen molar-refractivity contribution in [1.82, 2.24) is 4.90 Å². The molecule has 0 bridgehead atoms. The highest BCUT2D eigenvalue weighted by Gasteiger charge is 2.32. The lowest BCUT2D eigenvalue weighted by atomic mass is 10.0. The number of methoxy groups -OCH3 is 1. The molecule has 0 radical (unpaired) electrons. The summed E-state index contributed by atoms with van der Waals surface area (Å²) in [7, 11) is 1.54. The van der Waals surface area contributed by atoms with E-state index in [-0.39, 0.29) is 12.5 Å². The molecule has 1 atom stereocenters. The van der Waals surface area contributed by atoms with Crippen molar-refractivity contribution < 1.29 is 24.2 Å². The van der Waals surface area contributed by atoms with Gasteiger partial charge in [0.2, 0.25) is 0 Å². The molecule has 0 saturated carbocycles. The third-order valence-corrected chi connectivity index (χ3v) is 3.78. The number of aryl methyl sites for hydroxylation is 1. The molecule has 6 nitrogen and oxygen atoms in total. The highest BCUT2D eigenvalue weighted by atomic mass is 16.5. The van der Waals surface area contributed by atoms with Gasteiger partial charge in [-0.15, -0.1) is 0 Å². The number of ether oxygens (including phenoxy) is 2. The summed E-state index contributed by atoms with van der Waals surface area (Å²) in [6.45, 7) is 2.20. The second-order valence-corrected chi connectivity index (χ2v) is 5.38. The van der Waals surface area contributed by atoms with E-state index in [1.165, 1.54) is 12.0 Å². The number of hydrogen-bond donors (Lipinski definition) is 1. The molecule has 1 heterocycles. The van der Waals surface area contributed by atoms with Gasteiger partial charge < -0.3 is 19.5 Å². The van der Waals surface area contributed by atoms with Crippen molar-refractivity contribution in [3.63, 3.8) is 0 Å². The molecule has 1 aromatic carbocycles. The number of benzene rings is 1. The van der Waals surface area contributed by atoms with Gasteiger partial charge in [-0.2, -0.15) is 0 Å². The Morgan fingerprint density at radius 1 is 1.32 bits per heavy atom. The van der Waals surface area contributed by atoms with E-state index in [0.717, 1.165) is 18.4 Å². The maximum absolute atomic E-state index is 12.2. The van der Waals surface area contributed by atoms with E-state index >= 15 is 0 Å². The summed E-state index contributed by atoms with van der Waals surface area (Å²) >= 11 is 0. The van der Waals surface area contributed by atoms with Crippen LogP contribution in [0.15, 0.2) is 18.2 Å². The first kappa shape index (κ1) is 16.1. The van der Waals surface area contributed by atoms with Gasteiger partial charge in [0.1, 0.15) is 6.04 Å². The summed E-state index contributed by atoms with van der Waals surface area (Å²) in [6, 6.07) is 4.68. The number of carbonyl (C=O) groups is 2. The molecule has 1 amide bonds. The molecule has 0 aliphatic carbocycles. The molecular formula is C16H21NO5. The van der Waals surface area contributed by atoms with Crippen molar-refractivity contribution in [2.45, 2.75) is 32.2 Å². The molecule has 0 spiro atoms. The Hall–Kier alpha value is -2.24. The van der Waals surface area contributed by atoms with E-state index in [1.807, 2.05) is 19.1 Å². The maximum atomic E-state index is 12.2. The van der Waals surface area contributed by atoms with Crippen molar-refractivity contribution in [1.29, 1.82) is 0 Å². The van der Waals surface area contributed by atoms with Crippen LogP contribution < -0.4 is 9.47 Å². The first-order chi connectivity index (χ1) is 10.5. The van der Waals surface area contributed by atoms with E-state index in [0.29, 0.717) is 24.5 Å². The van der Waals surface area contributed by atoms with Crippen LogP contribution in [-0.2, 0) is 9.59 Å². The lowest BCUT2D eigenvalue weighted by Crippen LogP contribution is -2.49. The molecule has 0 aromatic heterocycles. The van der Waals surface area contributed by atoms with Crippen LogP contribution in [0.5, 0.6) is 11.5 Å². The maximum Gasteiger partial charge on any atom is 0.326 e. The van der Waals surface area contributed by atoms with Gasteiger partial charge in [0.15, 0.2) is 18.1 Å². The number of likely N-dealkylation sites (tertiary alicyclic amines) is 1. The van der Waals surface area contributed by atoms with E-state index in [1.54, 1.807) is 6.07 Å². The molecule has 1 aliphatic rings. The third kappa shape index (κ3) is 3.69. The molecule has 1 N–H and O–H groups in total. The Morgan fingerprint density at radius 3 is 2.77 bits per heavy atom. The number of amides is 1. The standard InChI is InChI=1S/C16H21NO5/c1-11-6-7-13(14(9-11)21-2)22-10-15(18)17-8-4-3-5-12(17)16(19)20/h6-7,9,12H,3-5,8,10H2,1-2H3,(H,19,20). The van der Waals surface area contributed by atoms with Crippen LogP contribution in [-0.4, -0.2) is 48.2 Å². The molecule has 1 unspecified atom stereocenters. The first-order valence-electron chi connectivity index (χ1n) is 7.32. The third-order valence-electron chi connectivity index (χ3n) is 3.78. The summed E-state index contributed by atoms with van der Waals surface area (Å²) < 4.78 is 10.7. The minimum absolute atomic E-state index is 0.191. The minimum atomic E-state index is -0.957. The molecule has 2 rings (SSSR count). The second-order valence-electron chi connectivity index (χ2n) is 5.38. The lowest BCUT2D eigenvalue weighted by Gasteiger charge is -2.32. The average Bonchev–Trinajstić information content (AvgIpc) is 2.53. The fraction of sp³-hybridized carbons (Fsp3) is 0.500. The van der Waals surface area contributed by atoms with E-state index < -0.39 is 12.0 Å². The first-order valence-corrected chi connectivity index (χ1v) is 7.32. The van der Waals surface area contributed by atoms with E-state index in [4.69, 9.17) is 9.47 Å². The molecule has 1 fully saturated rings. The van der Waals surface area contributed by atoms with Crippen molar-refractivity contribution in [2.24, 2.45) is 0 Å². The Labute approximate surface area is 129 Å². The predicted octanol–water partition coefficient (Wildman–Crippen LogP) is 1.85. The fourth-order valence-electron chi connectivity index (χ4n) is 2.60. The summed E-state index contributed by atoms with van der Waals surface area (Å²) in [6.07, 6.45) is 2.14. The van der Waals surface area contributed by atoms with Crippen molar-refractivity contribution in [2.75, 3.05) is 20.3 Å². The number of carbonyl (C=O) groups excluding carboxylic acids is 1. The summed E-state index contributed by atoms with van der Waals surface area (Å²) in [5.74, 6) is -0.234. The summed E-state index contributed by atoms with van der Waals surface area (Å²) in [4.78, 5) is 24.9. The highest BCUT2D eigenvalue weighted by molar-refractivity contribution is 5.84. The van der Waals surface area contributed by atoms with Crippen LogP contribution in [0.2, 0.25) is 0 Å². The Bertz CT molecular complexity index is 557. The number of nitrogens with zero attached hydrogens (tertiary/aromatic N) is 1. The quantitative estimate of drug-likeness (QED) is 0.898. The zero-order chi connectivity index (χ0) is 16.1. The van der Waals surface area contributed by atoms with Gasteiger partial charge in [0.25, 0.3) is 5.91 Å². The van der Waals surface area contributed by atoms with Crippen LogP contribution in [0.1, 0.15) is 24.8 Å². The van der Waals surface area contributed by atoms with Crippen LogP contribution in [0.3, 0.4) is 0 Å². The topological polar surface area (TPSA) is 76.1 Å². The second kappa shape index (κ2) is 7.15. The van der Waals surface area contributed by atoms with Crippen molar-refractivity contribution in [3.05, 3.63) is 23.8 Å². The van der Waals surface area contributed by atoms with Crippen LogP contribution in [0.25, 0.3) is 0 Å². The zero-order valence-corrected chi connectivity index (χ0v) is 12.9. The number of hydrogen-bond acceptors (Lipinski definition) is 4. The SMILES string of the molecule is COc1cc(C)ccc1OCC(=O)N1CCCCC1C(=O)O. The summed E-state index contributed by atoms with van der Waals surface area (Å²) in [5, 5.41) is 9.20. The Balaban J connectivity index is 2.01. The Kier molecular flexibility index (Phi) is 5.25. The normalized spacial score (nSPS) is 17.9. The number of carboxylic acids is 1. The van der Waals surface area contributed by atoms with Crippen LogP contribution in [0.4, 0.5) is 0 Å². The van der Waals surface area contributed by atoms with E-state index in [9.17, 15) is 14.7 Å². The van der Waals surface area contributed by atoms with Gasteiger partial charge in [-0.3, -0.25) is 4.79 Å². The number of rotatable bonds is 5. The molecule has 1 aromatic rings. The molecular weight excluding hydrogens is 286 g/mol. The van der Waals surface area contributed by atoms with Crippen molar-refractivity contribution >= 4 is 11.9 Å². The van der Waals surface area contributed by atoms with Crippen LogP contribution in [0, 0.1) is 6.92 Å². The fourth-order valence-corrected chi connectivity index (χ4v) is 2.60. The van der Waals surface area contributed by atoms with E-state index in [2.05, 4.69) is 0 Å².